The van der Waals surface area contributed by atoms with Gasteiger partial charge >= 0.3 is 0 Å². The average Bonchev–Trinajstić information content (AvgIpc) is 2.35. The second-order valence-corrected chi connectivity index (χ2v) is 5.18. The van der Waals surface area contributed by atoms with Crippen LogP contribution in [0.3, 0.4) is 0 Å². The molecule has 1 fully saturated rings. The molecule has 2 N–H and O–H groups in total. The molecule has 0 spiro atoms. The van der Waals surface area contributed by atoms with Crippen LogP contribution < -0.4 is 5.32 Å². The first-order chi connectivity index (χ1) is 8.59. The van der Waals surface area contributed by atoms with Gasteiger partial charge in [0.1, 0.15) is 0 Å². The number of amides is 1. The van der Waals surface area contributed by atoms with E-state index < -0.39 is 6.10 Å². The molecule has 3 heteroatoms. The third-order valence-electron chi connectivity index (χ3n) is 3.90. The van der Waals surface area contributed by atoms with Crippen LogP contribution in [0.4, 0.5) is 0 Å². The van der Waals surface area contributed by atoms with Crippen LogP contribution in [-0.4, -0.2) is 23.2 Å². The van der Waals surface area contributed by atoms with Gasteiger partial charge < -0.3 is 10.4 Å². The van der Waals surface area contributed by atoms with Crippen molar-refractivity contribution in [3.05, 3.63) is 34.9 Å². The highest BCUT2D eigenvalue weighted by molar-refractivity contribution is 5.96. The minimum atomic E-state index is -0.396. The molecule has 2 rings (SSSR count). The summed E-state index contributed by atoms with van der Waals surface area (Å²) >= 11 is 0. The molecule has 0 saturated heterocycles. The first kappa shape index (κ1) is 13.1. The Hall–Kier alpha value is -1.35. The third kappa shape index (κ3) is 2.72. The Kier molecular flexibility index (Phi) is 4.02. The molecule has 0 heterocycles. The van der Waals surface area contributed by atoms with Crippen LogP contribution in [0.25, 0.3) is 0 Å². The number of aliphatic hydroxyl groups excluding tert-OH is 1. The summed E-state index contributed by atoms with van der Waals surface area (Å²) in [6.45, 7) is 3.96. The van der Waals surface area contributed by atoms with E-state index in [1.54, 1.807) is 0 Å². The topological polar surface area (TPSA) is 49.3 Å². The van der Waals surface area contributed by atoms with Crippen LogP contribution in [0.15, 0.2) is 18.2 Å². The second kappa shape index (κ2) is 5.53. The van der Waals surface area contributed by atoms with Crippen LogP contribution in [-0.2, 0) is 0 Å². The smallest absolute Gasteiger partial charge is 0.251 e. The molecule has 2 atom stereocenters. The minimum absolute atomic E-state index is 0.0675. The molecule has 1 aliphatic rings. The molecule has 0 radical (unpaired) electrons. The lowest BCUT2D eigenvalue weighted by Crippen LogP contribution is -2.45. The largest absolute Gasteiger partial charge is 0.391 e. The van der Waals surface area contributed by atoms with Gasteiger partial charge in [0.2, 0.25) is 0 Å². The maximum Gasteiger partial charge on any atom is 0.251 e. The Morgan fingerprint density at radius 2 is 2.00 bits per heavy atom. The van der Waals surface area contributed by atoms with Gasteiger partial charge in [0.05, 0.1) is 12.1 Å². The van der Waals surface area contributed by atoms with E-state index in [1.165, 1.54) is 0 Å². The Morgan fingerprint density at radius 3 is 2.72 bits per heavy atom. The number of hydrogen-bond donors (Lipinski definition) is 2. The quantitative estimate of drug-likeness (QED) is 0.842. The molecule has 1 amide bonds. The predicted molar refractivity (Wildman–Crippen MR) is 71.6 cm³/mol. The van der Waals surface area contributed by atoms with Gasteiger partial charge in [-0.05, 0) is 43.9 Å². The lowest BCUT2D eigenvalue weighted by Gasteiger charge is -2.28. The molecule has 18 heavy (non-hydrogen) atoms. The summed E-state index contributed by atoms with van der Waals surface area (Å²) in [4.78, 5) is 12.2. The summed E-state index contributed by atoms with van der Waals surface area (Å²) in [7, 11) is 0. The minimum Gasteiger partial charge on any atom is -0.391 e. The zero-order valence-electron chi connectivity index (χ0n) is 11.1. The van der Waals surface area contributed by atoms with Gasteiger partial charge in [-0.1, -0.05) is 25.0 Å². The Labute approximate surface area is 108 Å². The number of carbonyl (C=O) groups is 1. The van der Waals surface area contributed by atoms with E-state index in [4.69, 9.17) is 0 Å². The molecule has 2 unspecified atom stereocenters. The van der Waals surface area contributed by atoms with Crippen molar-refractivity contribution in [3.8, 4) is 0 Å². The first-order valence-corrected chi connectivity index (χ1v) is 6.64. The fourth-order valence-corrected chi connectivity index (χ4v) is 2.52. The zero-order chi connectivity index (χ0) is 13.1. The maximum absolute atomic E-state index is 12.2. The normalized spacial score (nSPS) is 23.7. The highest BCUT2D eigenvalue weighted by Crippen LogP contribution is 2.19. The van der Waals surface area contributed by atoms with E-state index in [0.717, 1.165) is 36.8 Å². The molecule has 0 aliphatic heterocycles. The monoisotopic (exact) mass is 247 g/mol. The summed E-state index contributed by atoms with van der Waals surface area (Å²) in [5.41, 5.74) is 2.85. The molecule has 0 bridgehead atoms. The lowest BCUT2D eigenvalue weighted by molar-refractivity contribution is 0.0717. The number of aryl methyl sites for hydroxylation is 1. The highest BCUT2D eigenvalue weighted by atomic mass is 16.3. The van der Waals surface area contributed by atoms with Gasteiger partial charge in [0.25, 0.3) is 5.91 Å². The zero-order valence-corrected chi connectivity index (χ0v) is 11.1. The summed E-state index contributed by atoms with van der Waals surface area (Å²) in [5.74, 6) is -0.0675. The number of nitrogens with one attached hydrogen (secondary N) is 1. The maximum atomic E-state index is 12.2. The molecule has 3 nitrogen and oxygen atoms in total. The molecule has 0 aromatic heterocycles. The van der Waals surface area contributed by atoms with E-state index >= 15 is 0 Å². The Morgan fingerprint density at radius 1 is 1.28 bits per heavy atom. The average molecular weight is 247 g/mol. The number of benzene rings is 1. The summed E-state index contributed by atoms with van der Waals surface area (Å²) in [6.07, 6.45) is 3.40. The van der Waals surface area contributed by atoms with Crippen LogP contribution in [0, 0.1) is 13.8 Å². The van der Waals surface area contributed by atoms with Crippen LogP contribution in [0.1, 0.15) is 47.2 Å². The van der Waals surface area contributed by atoms with Gasteiger partial charge in [-0.25, -0.2) is 0 Å². The summed E-state index contributed by atoms with van der Waals surface area (Å²) in [5, 5.41) is 12.8. The SMILES string of the molecule is Cc1cccc(C(=O)NC2CCCCC2O)c1C. The summed E-state index contributed by atoms with van der Waals surface area (Å²) < 4.78 is 0. The Balaban J connectivity index is 2.09. The fourth-order valence-electron chi connectivity index (χ4n) is 2.52. The van der Waals surface area contributed by atoms with E-state index in [9.17, 15) is 9.90 Å². The molecular formula is C15H21NO2. The molecule has 1 aromatic rings. The van der Waals surface area contributed by atoms with E-state index in [0.29, 0.717) is 5.56 Å². The number of aliphatic hydroxyl groups is 1. The van der Waals surface area contributed by atoms with Crippen LogP contribution in [0.2, 0.25) is 0 Å². The molecule has 1 aromatic carbocycles. The van der Waals surface area contributed by atoms with Crippen molar-refractivity contribution >= 4 is 5.91 Å². The van der Waals surface area contributed by atoms with Gasteiger partial charge in [0.15, 0.2) is 0 Å². The van der Waals surface area contributed by atoms with Gasteiger partial charge in [-0.15, -0.1) is 0 Å². The van der Waals surface area contributed by atoms with Crippen LogP contribution >= 0.6 is 0 Å². The van der Waals surface area contributed by atoms with Gasteiger partial charge in [-0.3, -0.25) is 4.79 Å². The van der Waals surface area contributed by atoms with E-state index in [1.807, 2.05) is 32.0 Å². The second-order valence-electron chi connectivity index (χ2n) is 5.18. The Bertz CT molecular complexity index is 442. The van der Waals surface area contributed by atoms with E-state index in [2.05, 4.69) is 5.32 Å². The number of carbonyl (C=O) groups excluding carboxylic acids is 1. The number of rotatable bonds is 2. The van der Waals surface area contributed by atoms with Crippen molar-refractivity contribution in [1.29, 1.82) is 0 Å². The van der Waals surface area contributed by atoms with Crippen molar-refractivity contribution < 1.29 is 9.90 Å². The molecule has 98 valence electrons. The van der Waals surface area contributed by atoms with Gasteiger partial charge in [0, 0.05) is 5.56 Å². The van der Waals surface area contributed by atoms with Crippen molar-refractivity contribution in [2.45, 2.75) is 51.7 Å². The first-order valence-electron chi connectivity index (χ1n) is 6.64. The van der Waals surface area contributed by atoms with E-state index in [-0.39, 0.29) is 11.9 Å². The predicted octanol–water partition coefficient (Wildman–Crippen LogP) is 2.34. The van der Waals surface area contributed by atoms with Crippen LogP contribution in [0.5, 0.6) is 0 Å². The molecule has 1 saturated carbocycles. The molecule has 1 aliphatic carbocycles. The fraction of sp³-hybridized carbons (Fsp3) is 0.533. The number of hydrogen-bond acceptors (Lipinski definition) is 2. The van der Waals surface area contributed by atoms with Crippen molar-refractivity contribution in [1.82, 2.24) is 5.32 Å². The highest BCUT2D eigenvalue weighted by Gasteiger charge is 2.25. The standard InChI is InChI=1S/C15H21NO2/c1-10-6-5-7-12(11(10)2)15(18)16-13-8-3-4-9-14(13)17/h5-7,13-14,17H,3-4,8-9H2,1-2H3,(H,16,18). The third-order valence-corrected chi connectivity index (χ3v) is 3.90. The summed E-state index contributed by atoms with van der Waals surface area (Å²) in [6, 6.07) is 5.65. The van der Waals surface area contributed by atoms with Gasteiger partial charge in [-0.2, -0.15) is 0 Å². The molecular weight excluding hydrogens is 226 g/mol. The van der Waals surface area contributed by atoms with Crippen molar-refractivity contribution in [3.63, 3.8) is 0 Å². The van der Waals surface area contributed by atoms with Crippen molar-refractivity contribution in [2.75, 3.05) is 0 Å². The lowest BCUT2D eigenvalue weighted by atomic mass is 9.92. The van der Waals surface area contributed by atoms with Crippen molar-refractivity contribution in [2.24, 2.45) is 0 Å².